The van der Waals surface area contributed by atoms with E-state index >= 15 is 0 Å². The van der Waals surface area contributed by atoms with Crippen molar-refractivity contribution in [1.29, 1.82) is 0 Å². The summed E-state index contributed by atoms with van der Waals surface area (Å²) in [5.41, 5.74) is -0.215. The molecule has 0 saturated carbocycles. The van der Waals surface area contributed by atoms with Gasteiger partial charge in [0.15, 0.2) is 0 Å². The number of carboxylic acid groups (broad SMARTS) is 1. The molecule has 1 unspecified atom stereocenters. The average Bonchev–Trinajstić information content (AvgIpc) is 2.34. The van der Waals surface area contributed by atoms with E-state index in [-0.39, 0.29) is 24.9 Å². The van der Waals surface area contributed by atoms with Gasteiger partial charge in [0.1, 0.15) is 11.6 Å². The van der Waals surface area contributed by atoms with Crippen LogP contribution in [-0.2, 0) is 4.79 Å². The van der Waals surface area contributed by atoms with Crippen LogP contribution < -0.4 is 10.6 Å². The summed E-state index contributed by atoms with van der Waals surface area (Å²) in [7, 11) is 0. The standard InChI is InChI=1S/C13H16F2N2O3/c1-8(12-9(14)4-2-5-10(12)15)17-13(20)16-7-3-6-11(18)19/h2,4-5,8H,3,6-7H2,1H3,(H,18,19)(H2,16,17,20). The topological polar surface area (TPSA) is 78.4 Å². The third-order valence-corrected chi connectivity index (χ3v) is 2.63. The molecular formula is C13H16F2N2O3. The number of benzene rings is 1. The van der Waals surface area contributed by atoms with Crippen molar-refractivity contribution in [3.63, 3.8) is 0 Å². The largest absolute Gasteiger partial charge is 0.481 e. The number of nitrogens with one attached hydrogen (secondary N) is 2. The lowest BCUT2D eigenvalue weighted by atomic mass is 10.1. The molecule has 1 aromatic rings. The predicted molar refractivity (Wildman–Crippen MR) is 68.2 cm³/mol. The maximum Gasteiger partial charge on any atom is 0.315 e. The van der Waals surface area contributed by atoms with E-state index in [4.69, 9.17) is 5.11 Å². The smallest absolute Gasteiger partial charge is 0.315 e. The minimum absolute atomic E-state index is 0.0578. The summed E-state index contributed by atoms with van der Waals surface area (Å²) >= 11 is 0. The molecule has 20 heavy (non-hydrogen) atoms. The lowest BCUT2D eigenvalue weighted by molar-refractivity contribution is -0.137. The molecule has 0 fully saturated rings. The van der Waals surface area contributed by atoms with Gasteiger partial charge in [0, 0.05) is 18.5 Å². The van der Waals surface area contributed by atoms with E-state index in [0.717, 1.165) is 12.1 Å². The van der Waals surface area contributed by atoms with Crippen molar-refractivity contribution < 1.29 is 23.5 Å². The van der Waals surface area contributed by atoms with Crippen LogP contribution in [0.1, 0.15) is 31.4 Å². The Balaban J connectivity index is 2.47. The average molecular weight is 286 g/mol. The van der Waals surface area contributed by atoms with E-state index in [1.54, 1.807) is 0 Å². The zero-order valence-electron chi connectivity index (χ0n) is 11.0. The second-order valence-electron chi connectivity index (χ2n) is 4.25. The molecule has 1 aromatic carbocycles. The summed E-state index contributed by atoms with van der Waals surface area (Å²) in [5, 5.41) is 13.2. The number of aliphatic carboxylic acids is 1. The molecule has 0 bridgehead atoms. The van der Waals surface area contributed by atoms with Crippen molar-refractivity contribution in [2.24, 2.45) is 0 Å². The number of carbonyl (C=O) groups is 2. The molecule has 0 spiro atoms. The van der Waals surface area contributed by atoms with Gasteiger partial charge in [-0.3, -0.25) is 4.79 Å². The summed E-state index contributed by atoms with van der Waals surface area (Å²) in [5.74, 6) is -2.42. The fourth-order valence-corrected chi connectivity index (χ4v) is 1.69. The van der Waals surface area contributed by atoms with E-state index in [9.17, 15) is 18.4 Å². The number of hydrogen-bond donors (Lipinski definition) is 3. The fourth-order valence-electron chi connectivity index (χ4n) is 1.69. The van der Waals surface area contributed by atoms with Gasteiger partial charge >= 0.3 is 12.0 Å². The Morgan fingerprint density at radius 2 is 1.90 bits per heavy atom. The molecule has 5 nitrogen and oxygen atoms in total. The summed E-state index contributed by atoms with van der Waals surface area (Å²) in [6.07, 6.45) is 0.225. The highest BCUT2D eigenvalue weighted by atomic mass is 19.1. The van der Waals surface area contributed by atoms with Crippen molar-refractivity contribution in [1.82, 2.24) is 10.6 Å². The molecule has 0 radical (unpaired) electrons. The normalized spacial score (nSPS) is 11.8. The van der Waals surface area contributed by atoms with Crippen LogP contribution in [0.15, 0.2) is 18.2 Å². The minimum Gasteiger partial charge on any atom is -0.481 e. The second-order valence-corrected chi connectivity index (χ2v) is 4.25. The maximum absolute atomic E-state index is 13.5. The summed E-state index contributed by atoms with van der Waals surface area (Å²) < 4.78 is 26.9. The van der Waals surface area contributed by atoms with Gasteiger partial charge in [-0.1, -0.05) is 6.07 Å². The molecule has 0 aliphatic heterocycles. The van der Waals surface area contributed by atoms with Gasteiger partial charge in [0.25, 0.3) is 0 Å². The molecule has 110 valence electrons. The highest BCUT2D eigenvalue weighted by Gasteiger charge is 2.17. The first kappa shape index (κ1) is 15.9. The molecule has 1 rings (SSSR count). The Kier molecular flexibility index (Phi) is 5.89. The first-order chi connectivity index (χ1) is 9.41. The minimum atomic E-state index is -0.950. The third kappa shape index (κ3) is 4.83. The van der Waals surface area contributed by atoms with Crippen LogP contribution in [0.4, 0.5) is 13.6 Å². The Bertz CT molecular complexity index is 474. The molecule has 0 aliphatic rings. The lowest BCUT2D eigenvalue weighted by Crippen LogP contribution is -2.38. The Morgan fingerprint density at radius 3 is 2.45 bits per heavy atom. The van der Waals surface area contributed by atoms with Crippen LogP contribution in [0.2, 0.25) is 0 Å². The number of urea groups is 1. The van der Waals surface area contributed by atoms with Gasteiger partial charge in [0.05, 0.1) is 6.04 Å². The van der Waals surface area contributed by atoms with Crippen molar-refractivity contribution in [3.8, 4) is 0 Å². The molecule has 1 atom stereocenters. The van der Waals surface area contributed by atoms with Crippen molar-refractivity contribution >= 4 is 12.0 Å². The van der Waals surface area contributed by atoms with E-state index in [1.807, 2.05) is 0 Å². The van der Waals surface area contributed by atoms with Gasteiger partial charge in [-0.15, -0.1) is 0 Å². The second kappa shape index (κ2) is 7.42. The van der Waals surface area contributed by atoms with Crippen LogP contribution in [0.25, 0.3) is 0 Å². The summed E-state index contributed by atoms with van der Waals surface area (Å²) in [6.45, 7) is 1.63. The van der Waals surface area contributed by atoms with E-state index < -0.39 is 29.7 Å². The summed E-state index contributed by atoms with van der Waals surface area (Å²) in [4.78, 5) is 21.7. The van der Waals surface area contributed by atoms with Crippen LogP contribution in [0.3, 0.4) is 0 Å². The Hall–Kier alpha value is -2.18. The van der Waals surface area contributed by atoms with Crippen molar-refractivity contribution in [3.05, 3.63) is 35.4 Å². The Morgan fingerprint density at radius 1 is 1.30 bits per heavy atom. The molecule has 7 heteroatoms. The van der Waals surface area contributed by atoms with Gasteiger partial charge in [0.2, 0.25) is 0 Å². The number of carbonyl (C=O) groups excluding carboxylic acids is 1. The quantitative estimate of drug-likeness (QED) is 0.701. The highest BCUT2D eigenvalue weighted by molar-refractivity contribution is 5.74. The predicted octanol–water partition coefficient (Wildman–Crippen LogP) is 2.19. The van der Waals surface area contributed by atoms with Crippen LogP contribution in [0, 0.1) is 11.6 Å². The molecule has 2 amide bonds. The molecule has 0 heterocycles. The van der Waals surface area contributed by atoms with Gasteiger partial charge in [-0.25, -0.2) is 13.6 Å². The number of halogens is 2. The monoisotopic (exact) mass is 286 g/mol. The maximum atomic E-state index is 13.5. The number of carboxylic acids is 1. The zero-order valence-corrected chi connectivity index (χ0v) is 11.0. The molecule has 3 N–H and O–H groups in total. The molecule has 0 aliphatic carbocycles. The van der Waals surface area contributed by atoms with E-state index in [2.05, 4.69) is 10.6 Å². The highest BCUT2D eigenvalue weighted by Crippen LogP contribution is 2.19. The molecular weight excluding hydrogens is 270 g/mol. The van der Waals surface area contributed by atoms with Crippen LogP contribution in [0.5, 0.6) is 0 Å². The first-order valence-corrected chi connectivity index (χ1v) is 6.12. The summed E-state index contributed by atoms with van der Waals surface area (Å²) in [6, 6.07) is 2.02. The number of rotatable bonds is 6. The first-order valence-electron chi connectivity index (χ1n) is 6.12. The Labute approximate surface area is 115 Å². The zero-order chi connectivity index (χ0) is 15.1. The van der Waals surface area contributed by atoms with Crippen molar-refractivity contribution in [2.75, 3.05) is 6.54 Å². The number of hydrogen-bond acceptors (Lipinski definition) is 2. The lowest BCUT2D eigenvalue weighted by Gasteiger charge is -2.16. The van der Waals surface area contributed by atoms with Gasteiger partial charge < -0.3 is 15.7 Å². The van der Waals surface area contributed by atoms with E-state index in [1.165, 1.54) is 13.0 Å². The van der Waals surface area contributed by atoms with E-state index in [0.29, 0.717) is 0 Å². The molecule has 0 aromatic heterocycles. The third-order valence-electron chi connectivity index (χ3n) is 2.63. The van der Waals surface area contributed by atoms with Crippen LogP contribution >= 0.6 is 0 Å². The fraction of sp³-hybridized carbons (Fsp3) is 0.385. The van der Waals surface area contributed by atoms with Gasteiger partial charge in [-0.2, -0.15) is 0 Å². The molecule has 0 saturated heterocycles. The van der Waals surface area contributed by atoms with Gasteiger partial charge in [-0.05, 0) is 25.5 Å². The number of amides is 2. The van der Waals surface area contributed by atoms with Crippen molar-refractivity contribution in [2.45, 2.75) is 25.8 Å². The SMILES string of the molecule is CC(NC(=O)NCCCC(=O)O)c1c(F)cccc1F. The van der Waals surface area contributed by atoms with Crippen LogP contribution in [-0.4, -0.2) is 23.7 Å².